The predicted octanol–water partition coefficient (Wildman–Crippen LogP) is 1.59. The Labute approximate surface area is 93.4 Å². The van der Waals surface area contributed by atoms with Crippen LogP contribution in [0.15, 0.2) is 0 Å². The van der Waals surface area contributed by atoms with Crippen LogP contribution in [0.2, 0.25) is 0 Å². The van der Waals surface area contributed by atoms with E-state index in [9.17, 15) is 4.79 Å². The molecule has 0 aromatic rings. The van der Waals surface area contributed by atoms with Crippen molar-refractivity contribution in [2.45, 2.75) is 33.1 Å². The van der Waals surface area contributed by atoms with Gasteiger partial charge in [-0.2, -0.15) is 0 Å². The average molecular weight is 212 g/mol. The van der Waals surface area contributed by atoms with Crippen molar-refractivity contribution in [1.29, 1.82) is 0 Å². The molecule has 1 aliphatic heterocycles. The van der Waals surface area contributed by atoms with Crippen LogP contribution in [0.5, 0.6) is 0 Å². The molecule has 0 unspecified atom stereocenters. The highest BCUT2D eigenvalue weighted by atomic mass is 16.2. The van der Waals surface area contributed by atoms with Gasteiger partial charge in [-0.05, 0) is 19.4 Å². The molecule has 0 aliphatic carbocycles. The van der Waals surface area contributed by atoms with Crippen LogP contribution < -0.4 is 0 Å². The third kappa shape index (κ3) is 4.65. The van der Waals surface area contributed by atoms with Crippen molar-refractivity contribution in [2.75, 3.05) is 33.2 Å². The zero-order valence-electron chi connectivity index (χ0n) is 10.3. The maximum absolute atomic E-state index is 11.8. The second-order valence-corrected chi connectivity index (χ2v) is 4.97. The van der Waals surface area contributed by atoms with Gasteiger partial charge in [0, 0.05) is 32.6 Å². The topological polar surface area (TPSA) is 23.6 Å². The summed E-state index contributed by atoms with van der Waals surface area (Å²) in [6, 6.07) is 0. The maximum atomic E-state index is 11.8. The molecule has 0 spiro atoms. The van der Waals surface area contributed by atoms with Gasteiger partial charge < -0.3 is 9.80 Å². The van der Waals surface area contributed by atoms with Gasteiger partial charge in [0.05, 0.1) is 0 Å². The maximum Gasteiger partial charge on any atom is 0.222 e. The van der Waals surface area contributed by atoms with Crippen LogP contribution in [0.1, 0.15) is 33.1 Å². The van der Waals surface area contributed by atoms with Crippen LogP contribution in [0.4, 0.5) is 0 Å². The quantitative estimate of drug-likeness (QED) is 0.706. The molecule has 3 heteroatoms. The van der Waals surface area contributed by atoms with Gasteiger partial charge in [0.15, 0.2) is 0 Å². The Morgan fingerprint density at radius 2 is 1.80 bits per heavy atom. The summed E-state index contributed by atoms with van der Waals surface area (Å²) in [4.78, 5) is 16.1. The lowest BCUT2D eigenvalue weighted by atomic mass is 10.1. The van der Waals surface area contributed by atoms with E-state index >= 15 is 0 Å². The van der Waals surface area contributed by atoms with E-state index in [0.29, 0.717) is 11.8 Å². The highest BCUT2D eigenvalue weighted by Crippen LogP contribution is 2.09. The lowest BCUT2D eigenvalue weighted by Crippen LogP contribution is -2.47. The molecule has 1 rings (SSSR count). The number of amides is 1. The highest BCUT2D eigenvalue weighted by Gasteiger charge is 2.18. The number of hydrogen-bond donors (Lipinski definition) is 0. The molecule has 1 fully saturated rings. The summed E-state index contributed by atoms with van der Waals surface area (Å²) in [5.74, 6) is 1.06. The Morgan fingerprint density at radius 1 is 1.20 bits per heavy atom. The molecule has 15 heavy (non-hydrogen) atoms. The van der Waals surface area contributed by atoms with E-state index in [1.807, 2.05) is 4.90 Å². The van der Waals surface area contributed by atoms with Gasteiger partial charge in [0.25, 0.3) is 0 Å². The van der Waals surface area contributed by atoms with Gasteiger partial charge in [-0.25, -0.2) is 0 Å². The van der Waals surface area contributed by atoms with Gasteiger partial charge in [0.1, 0.15) is 0 Å². The van der Waals surface area contributed by atoms with E-state index in [2.05, 4.69) is 25.8 Å². The summed E-state index contributed by atoms with van der Waals surface area (Å²) in [6.45, 7) is 8.29. The summed E-state index contributed by atoms with van der Waals surface area (Å²) in [7, 11) is 2.11. The first-order chi connectivity index (χ1) is 7.09. The van der Waals surface area contributed by atoms with Gasteiger partial charge >= 0.3 is 0 Å². The van der Waals surface area contributed by atoms with Gasteiger partial charge in [-0.15, -0.1) is 0 Å². The number of carbonyl (C=O) groups excluding carboxylic acids is 1. The number of hydrogen-bond acceptors (Lipinski definition) is 2. The summed E-state index contributed by atoms with van der Waals surface area (Å²) in [6.07, 6.45) is 2.95. The molecular weight excluding hydrogens is 188 g/mol. The Kier molecular flexibility index (Phi) is 5.09. The number of piperazine rings is 1. The summed E-state index contributed by atoms with van der Waals surface area (Å²) < 4.78 is 0. The Morgan fingerprint density at radius 3 is 2.33 bits per heavy atom. The van der Waals surface area contributed by atoms with Crippen molar-refractivity contribution in [2.24, 2.45) is 5.92 Å². The van der Waals surface area contributed by atoms with Crippen molar-refractivity contribution in [3.05, 3.63) is 0 Å². The lowest BCUT2D eigenvalue weighted by Gasteiger charge is -2.32. The lowest BCUT2D eigenvalue weighted by molar-refractivity contribution is -0.132. The molecule has 1 heterocycles. The standard InChI is InChI=1S/C12H24N2O/c1-11(2)5-4-6-12(15)14-9-7-13(3)8-10-14/h11H,4-10H2,1-3H3. The number of rotatable bonds is 4. The van der Waals surface area contributed by atoms with Crippen LogP contribution >= 0.6 is 0 Å². The van der Waals surface area contributed by atoms with Crippen LogP contribution in [-0.4, -0.2) is 48.9 Å². The molecule has 0 N–H and O–H groups in total. The second kappa shape index (κ2) is 6.11. The highest BCUT2D eigenvalue weighted by molar-refractivity contribution is 5.76. The van der Waals surface area contributed by atoms with E-state index in [4.69, 9.17) is 0 Å². The van der Waals surface area contributed by atoms with Crippen molar-refractivity contribution in [1.82, 2.24) is 9.80 Å². The van der Waals surface area contributed by atoms with E-state index in [-0.39, 0.29) is 0 Å². The summed E-state index contributed by atoms with van der Waals surface area (Å²) >= 11 is 0. The van der Waals surface area contributed by atoms with Crippen LogP contribution in [-0.2, 0) is 4.79 Å². The fourth-order valence-electron chi connectivity index (χ4n) is 1.88. The second-order valence-electron chi connectivity index (χ2n) is 4.97. The SMILES string of the molecule is CC(C)CCCC(=O)N1CCN(C)CC1. The molecule has 0 atom stereocenters. The normalized spacial score (nSPS) is 18.5. The molecule has 0 aromatic carbocycles. The Hall–Kier alpha value is -0.570. The van der Waals surface area contributed by atoms with Gasteiger partial charge in [-0.3, -0.25) is 4.79 Å². The first-order valence-electron chi connectivity index (χ1n) is 6.06. The third-order valence-electron chi connectivity index (χ3n) is 3.03. The predicted molar refractivity (Wildman–Crippen MR) is 62.8 cm³/mol. The van der Waals surface area contributed by atoms with Crippen molar-refractivity contribution < 1.29 is 4.79 Å². The molecule has 0 bridgehead atoms. The van der Waals surface area contributed by atoms with Gasteiger partial charge in [-0.1, -0.05) is 20.3 Å². The van der Waals surface area contributed by atoms with Crippen LogP contribution in [0, 0.1) is 5.92 Å². The first kappa shape index (κ1) is 12.5. The summed E-state index contributed by atoms with van der Waals surface area (Å²) in [5.41, 5.74) is 0. The van der Waals surface area contributed by atoms with Crippen molar-refractivity contribution in [3.63, 3.8) is 0 Å². The Bertz CT molecular complexity index is 196. The molecule has 88 valence electrons. The zero-order chi connectivity index (χ0) is 11.3. The largest absolute Gasteiger partial charge is 0.340 e. The minimum Gasteiger partial charge on any atom is -0.340 e. The van der Waals surface area contributed by atoms with E-state index < -0.39 is 0 Å². The summed E-state index contributed by atoms with van der Waals surface area (Å²) in [5, 5.41) is 0. The number of carbonyl (C=O) groups is 1. The fraction of sp³-hybridized carbons (Fsp3) is 0.917. The molecular formula is C12H24N2O. The first-order valence-corrected chi connectivity index (χ1v) is 6.06. The molecule has 1 saturated heterocycles. The minimum atomic E-state index is 0.351. The average Bonchev–Trinajstić information content (AvgIpc) is 2.18. The number of likely N-dealkylation sites (N-methyl/N-ethyl adjacent to an activating group) is 1. The van der Waals surface area contributed by atoms with Gasteiger partial charge in [0.2, 0.25) is 5.91 Å². The number of nitrogens with zero attached hydrogens (tertiary/aromatic N) is 2. The fourth-order valence-corrected chi connectivity index (χ4v) is 1.88. The molecule has 0 radical (unpaired) electrons. The molecule has 1 amide bonds. The monoisotopic (exact) mass is 212 g/mol. The van der Waals surface area contributed by atoms with Crippen molar-refractivity contribution in [3.8, 4) is 0 Å². The molecule has 0 saturated carbocycles. The van der Waals surface area contributed by atoms with Crippen molar-refractivity contribution >= 4 is 5.91 Å². The molecule has 0 aromatic heterocycles. The molecule has 3 nitrogen and oxygen atoms in total. The van der Waals surface area contributed by atoms with E-state index in [1.165, 1.54) is 6.42 Å². The van der Waals surface area contributed by atoms with E-state index in [0.717, 1.165) is 39.0 Å². The Balaban J connectivity index is 2.17. The zero-order valence-corrected chi connectivity index (χ0v) is 10.3. The van der Waals surface area contributed by atoms with Crippen LogP contribution in [0.25, 0.3) is 0 Å². The third-order valence-corrected chi connectivity index (χ3v) is 3.03. The van der Waals surface area contributed by atoms with E-state index in [1.54, 1.807) is 0 Å². The smallest absolute Gasteiger partial charge is 0.222 e. The minimum absolute atomic E-state index is 0.351. The molecule has 1 aliphatic rings. The van der Waals surface area contributed by atoms with Crippen LogP contribution in [0.3, 0.4) is 0 Å².